The van der Waals surface area contributed by atoms with E-state index < -0.39 is 21.8 Å². The van der Waals surface area contributed by atoms with Crippen LogP contribution in [0.15, 0.2) is 29.2 Å². The van der Waals surface area contributed by atoms with Crippen LogP contribution in [-0.2, 0) is 21.0 Å². The quantitative estimate of drug-likeness (QED) is 0.823. The molecule has 2 rings (SSSR count). The number of carbonyl (C=O) groups excluding carboxylic acids is 1. The maximum atomic E-state index is 12.5. The van der Waals surface area contributed by atoms with E-state index in [1.807, 2.05) is 0 Å². The van der Waals surface area contributed by atoms with Crippen molar-refractivity contribution in [2.75, 3.05) is 26.2 Å². The summed E-state index contributed by atoms with van der Waals surface area (Å²) in [6, 6.07) is 3.41. The summed E-state index contributed by atoms with van der Waals surface area (Å²) < 4.78 is 63.4. The molecule has 9 heteroatoms. The summed E-state index contributed by atoms with van der Waals surface area (Å²) >= 11 is 0. The Kier molecular flexibility index (Phi) is 4.48. The highest BCUT2D eigenvalue weighted by atomic mass is 32.2. The van der Waals surface area contributed by atoms with Crippen LogP contribution in [0.2, 0.25) is 0 Å². The molecule has 1 aliphatic rings. The number of piperazine rings is 1. The minimum atomic E-state index is -4.50. The van der Waals surface area contributed by atoms with Gasteiger partial charge >= 0.3 is 6.18 Å². The molecule has 0 atom stereocenters. The minimum Gasteiger partial charge on any atom is -0.340 e. The van der Waals surface area contributed by atoms with Crippen molar-refractivity contribution in [3.8, 4) is 0 Å². The van der Waals surface area contributed by atoms with E-state index in [0.717, 1.165) is 24.3 Å². The fourth-order valence-corrected chi connectivity index (χ4v) is 3.63. The summed E-state index contributed by atoms with van der Waals surface area (Å²) in [6.45, 7) is 2.20. The van der Waals surface area contributed by atoms with Gasteiger partial charge in [-0.2, -0.15) is 17.5 Å². The van der Waals surface area contributed by atoms with Crippen LogP contribution in [0.5, 0.6) is 0 Å². The lowest BCUT2D eigenvalue weighted by molar-refractivity contribution is -0.137. The lowest BCUT2D eigenvalue weighted by atomic mass is 10.2. The number of alkyl halides is 3. The normalized spacial score (nSPS) is 17.5. The highest BCUT2D eigenvalue weighted by Crippen LogP contribution is 2.30. The molecular formula is C13H15F3N2O3S. The van der Waals surface area contributed by atoms with Gasteiger partial charge in [-0.15, -0.1) is 0 Å². The lowest BCUT2D eigenvalue weighted by Gasteiger charge is -2.33. The number of halogens is 3. The molecule has 0 aromatic heterocycles. The SMILES string of the molecule is CC(=O)N1CCN(S(=O)(=O)c2ccc(C(F)(F)F)cc2)CC1. The smallest absolute Gasteiger partial charge is 0.340 e. The zero-order valence-electron chi connectivity index (χ0n) is 11.8. The highest BCUT2D eigenvalue weighted by Gasteiger charge is 2.32. The highest BCUT2D eigenvalue weighted by molar-refractivity contribution is 7.89. The van der Waals surface area contributed by atoms with Crippen molar-refractivity contribution in [2.45, 2.75) is 18.0 Å². The van der Waals surface area contributed by atoms with E-state index in [1.165, 1.54) is 16.1 Å². The van der Waals surface area contributed by atoms with Gasteiger partial charge in [-0.25, -0.2) is 8.42 Å². The van der Waals surface area contributed by atoms with Crippen LogP contribution >= 0.6 is 0 Å². The van der Waals surface area contributed by atoms with Crippen molar-refractivity contribution in [1.29, 1.82) is 0 Å². The predicted octanol–water partition coefficient (Wildman–Crippen LogP) is 1.56. The number of rotatable bonds is 2. The molecule has 0 N–H and O–H groups in total. The average Bonchev–Trinajstić information content (AvgIpc) is 2.46. The number of carbonyl (C=O) groups is 1. The Morgan fingerprint density at radius 3 is 1.95 bits per heavy atom. The topological polar surface area (TPSA) is 57.7 Å². The lowest BCUT2D eigenvalue weighted by Crippen LogP contribution is -2.49. The van der Waals surface area contributed by atoms with E-state index in [4.69, 9.17) is 0 Å². The fourth-order valence-electron chi connectivity index (χ4n) is 2.21. The van der Waals surface area contributed by atoms with Crippen LogP contribution in [0.3, 0.4) is 0 Å². The van der Waals surface area contributed by atoms with Crippen molar-refractivity contribution >= 4 is 15.9 Å². The summed E-state index contributed by atoms with van der Waals surface area (Å²) in [7, 11) is -3.85. The molecule has 1 fully saturated rings. The third kappa shape index (κ3) is 3.41. The molecule has 0 saturated carbocycles. The van der Waals surface area contributed by atoms with Crippen molar-refractivity contribution in [3.05, 3.63) is 29.8 Å². The second-order valence-electron chi connectivity index (χ2n) is 4.93. The Morgan fingerprint density at radius 2 is 1.55 bits per heavy atom. The number of nitrogens with zero attached hydrogens (tertiary/aromatic N) is 2. The standard InChI is InChI=1S/C13H15F3N2O3S/c1-10(19)17-6-8-18(9-7-17)22(20,21)12-4-2-11(3-5-12)13(14,15)16/h2-5H,6-9H2,1H3. The first-order valence-electron chi connectivity index (χ1n) is 6.55. The zero-order valence-corrected chi connectivity index (χ0v) is 12.6. The second kappa shape index (κ2) is 5.88. The molecule has 122 valence electrons. The van der Waals surface area contributed by atoms with Gasteiger partial charge in [0.2, 0.25) is 15.9 Å². The van der Waals surface area contributed by atoms with Crippen LogP contribution in [0.25, 0.3) is 0 Å². The van der Waals surface area contributed by atoms with Crippen molar-refractivity contribution < 1.29 is 26.4 Å². The number of sulfonamides is 1. The van der Waals surface area contributed by atoms with Gasteiger partial charge in [-0.3, -0.25) is 4.79 Å². The molecule has 1 aliphatic heterocycles. The van der Waals surface area contributed by atoms with Gasteiger partial charge in [0.15, 0.2) is 0 Å². The van der Waals surface area contributed by atoms with Crippen molar-refractivity contribution in [3.63, 3.8) is 0 Å². The molecule has 1 saturated heterocycles. The largest absolute Gasteiger partial charge is 0.416 e. The molecule has 0 spiro atoms. The third-order valence-electron chi connectivity index (χ3n) is 3.50. The molecule has 0 bridgehead atoms. The van der Waals surface area contributed by atoms with Gasteiger partial charge in [0.1, 0.15) is 0 Å². The molecule has 0 radical (unpaired) electrons. The molecule has 5 nitrogen and oxygen atoms in total. The summed E-state index contributed by atoms with van der Waals surface area (Å²) in [5.41, 5.74) is -0.896. The zero-order chi connectivity index (χ0) is 16.5. The maximum absolute atomic E-state index is 12.5. The van der Waals surface area contributed by atoms with Gasteiger partial charge in [-0.05, 0) is 24.3 Å². The number of amides is 1. The Bertz CT molecular complexity index is 648. The Balaban J connectivity index is 2.16. The van der Waals surface area contributed by atoms with Crippen molar-refractivity contribution in [2.24, 2.45) is 0 Å². The number of hydrogen-bond donors (Lipinski definition) is 0. The van der Waals surface area contributed by atoms with Gasteiger partial charge in [0.25, 0.3) is 0 Å². The van der Waals surface area contributed by atoms with E-state index in [0.29, 0.717) is 0 Å². The molecular weight excluding hydrogens is 321 g/mol. The molecule has 22 heavy (non-hydrogen) atoms. The average molecular weight is 336 g/mol. The number of hydrogen-bond acceptors (Lipinski definition) is 3. The predicted molar refractivity (Wildman–Crippen MR) is 72.5 cm³/mol. The van der Waals surface area contributed by atoms with Gasteiger partial charge in [-0.1, -0.05) is 0 Å². The van der Waals surface area contributed by atoms with Crippen LogP contribution in [0.1, 0.15) is 12.5 Å². The second-order valence-corrected chi connectivity index (χ2v) is 6.87. The minimum absolute atomic E-state index is 0.128. The van der Waals surface area contributed by atoms with E-state index >= 15 is 0 Å². The van der Waals surface area contributed by atoms with Crippen LogP contribution < -0.4 is 0 Å². The van der Waals surface area contributed by atoms with E-state index in [9.17, 15) is 26.4 Å². The first-order chi connectivity index (χ1) is 10.1. The molecule has 1 heterocycles. The van der Waals surface area contributed by atoms with E-state index in [2.05, 4.69) is 0 Å². The van der Waals surface area contributed by atoms with E-state index in [-0.39, 0.29) is 37.0 Å². The van der Waals surface area contributed by atoms with E-state index in [1.54, 1.807) is 0 Å². The van der Waals surface area contributed by atoms with Gasteiger partial charge < -0.3 is 4.90 Å². The Hall–Kier alpha value is -1.61. The molecule has 0 aliphatic carbocycles. The van der Waals surface area contributed by atoms with Crippen LogP contribution in [0, 0.1) is 0 Å². The summed E-state index contributed by atoms with van der Waals surface area (Å²) in [4.78, 5) is 12.6. The maximum Gasteiger partial charge on any atom is 0.416 e. The molecule has 1 aromatic carbocycles. The van der Waals surface area contributed by atoms with Gasteiger partial charge in [0.05, 0.1) is 10.5 Å². The first-order valence-corrected chi connectivity index (χ1v) is 7.99. The summed E-state index contributed by atoms with van der Waals surface area (Å²) in [5, 5.41) is 0. The molecule has 1 amide bonds. The summed E-state index contributed by atoms with van der Waals surface area (Å²) in [5.74, 6) is -0.133. The number of benzene rings is 1. The fraction of sp³-hybridized carbons (Fsp3) is 0.462. The first kappa shape index (κ1) is 16.8. The Morgan fingerprint density at radius 1 is 1.05 bits per heavy atom. The summed E-state index contributed by atoms with van der Waals surface area (Å²) in [6.07, 6.45) is -4.50. The molecule has 1 aromatic rings. The van der Waals surface area contributed by atoms with Gasteiger partial charge in [0, 0.05) is 33.1 Å². The third-order valence-corrected chi connectivity index (χ3v) is 5.42. The van der Waals surface area contributed by atoms with Crippen LogP contribution in [-0.4, -0.2) is 49.7 Å². The van der Waals surface area contributed by atoms with Crippen molar-refractivity contribution in [1.82, 2.24) is 9.21 Å². The molecule has 0 unspecified atom stereocenters. The monoisotopic (exact) mass is 336 g/mol. The Labute approximate surface area is 126 Å². The van der Waals surface area contributed by atoms with Crippen LogP contribution in [0.4, 0.5) is 13.2 Å².